The van der Waals surface area contributed by atoms with Gasteiger partial charge in [-0.15, -0.1) is 0 Å². The van der Waals surface area contributed by atoms with Crippen molar-refractivity contribution in [2.75, 3.05) is 31.1 Å². The maximum atomic E-state index is 5.93. The molecule has 2 aromatic rings. The van der Waals surface area contributed by atoms with E-state index in [0.717, 1.165) is 41.7 Å². The third kappa shape index (κ3) is 4.48. The predicted octanol–water partition coefficient (Wildman–Crippen LogP) is 2.56. The highest BCUT2D eigenvalue weighted by Crippen LogP contribution is 2.22. The minimum absolute atomic E-state index is 0.0312. The summed E-state index contributed by atoms with van der Waals surface area (Å²) in [6.45, 7) is 6.51. The minimum Gasteiger partial charge on any atom is -0.494 e. The molecule has 0 amide bonds. The summed E-state index contributed by atoms with van der Waals surface area (Å²) in [5.41, 5.74) is 1.93. The number of hydrogen-bond acceptors (Lipinski definition) is 5. The van der Waals surface area contributed by atoms with E-state index in [1.165, 1.54) is 32.4 Å². The molecule has 0 bridgehead atoms. The molecular formula is C22H28N4O. The van der Waals surface area contributed by atoms with Gasteiger partial charge in [0.15, 0.2) is 5.49 Å². The Morgan fingerprint density at radius 1 is 1.07 bits per heavy atom. The average Bonchev–Trinajstić information content (AvgIpc) is 2.72. The second-order valence-electron chi connectivity index (χ2n) is 7.31. The van der Waals surface area contributed by atoms with Crippen LogP contribution < -0.4 is 20.3 Å². The number of fused-ring (bicyclic) bond motifs is 1. The number of anilines is 1. The van der Waals surface area contributed by atoms with E-state index >= 15 is 0 Å². The molecule has 1 aromatic carbocycles. The summed E-state index contributed by atoms with van der Waals surface area (Å²) in [6.07, 6.45) is 9.11. The number of piperidine rings is 1. The second-order valence-corrected chi connectivity index (χ2v) is 7.31. The zero-order valence-electron chi connectivity index (χ0n) is 16.1. The molecule has 1 atom stereocenters. The van der Waals surface area contributed by atoms with Crippen molar-refractivity contribution in [1.82, 2.24) is 9.88 Å². The van der Waals surface area contributed by atoms with E-state index in [-0.39, 0.29) is 6.17 Å². The predicted molar refractivity (Wildman–Crippen MR) is 108 cm³/mol. The van der Waals surface area contributed by atoms with Crippen LogP contribution in [0.25, 0.3) is 6.20 Å². The van der Waals surface area contributed by atoms with Crippen LogP contribution >= 0.6 is 0 Å². The Morgan fingerprint density at radius 2 is 1.89 bits per heavy atom. The standard InChI is InChI=1S/C22H28N4O/c1-18-24-22-19(7-5-12-23-22)17-26(18)20-8-10-21(11-9-20)27-16-6-15-25-13-3-2-4-14-25/h5,7-12,17-18H,2-4,6,13-16H2,1H3. The van der Waals surface area contributed by atoms with Crippen LogP contribution in [0.1, 0.15) is 32.6 Å². The molecule has 27 heavy (non-hydrogen) atoms. The fraction of sp³-hybridized carbons (Fsp3) is 0.455. The number of pyridine rings is 1. The van der Waals surface area contributed by atoms with Crippen molar-refractivity contribution < 1.29 is 4.74 Å². The van der Waals surface area contributed by atoms with Crippen LogP contribution in [0.2, 0.25) is 0 Å². The summed E-state index contributed by atoms with van der Waals surface area (Å²) in [7, 11) is 0. The van der Waals surface area contributed by atoms with Crippen molar-refractivity contribution >= 4 is 11.9 Å². The van der Waals surface area contributed by atoms with Gasteiger partial charge in [-0.25, -0.2) is 9.98 Å². The first-order valence-electron chi connectivity index (χ1n) is 10.0. The Labute approximate surface area is 161 Å². The van der Waals surface area contributed by atoms with Gasteiger partial charge in [-0.05, 0) is 75.7 Å². The Morgan fingerprint density at radius 3 is 2.70 bits per heavy atom. The number of benzene rings is 1. The highest BCUT2D eigenvalue weighted by Gasteiger charge is 2.15. The van der Waals surface area contributed by atoms with Crippen LogP contribution in [0.4, 0.5) is 5.69 Å². The number of hydrogen-bond donors (Lipinski definition) is 0. The van der Waals surface area contributed by atoms with Gasteiger partial charge in [0.25, 0.3) is 0 Å². The summed E-state index contributed by atoms with van der Waals surface area (Å²) < 4.78 is 5.93. The van der Waals surface area contributed by atoms with E-state index in [4.69, 9.17) is 4.74 Å². The van der Waals surface area contributed by atoms with E-state index in [2.05, 4.69) is 57.2 Å². The first-order chi connectivity index (χ1) is 13.3. The van der Waals surface area contributed by atoms with Crippen LogP contribution in [0.15, 0.2) is 47.6 Å². The molecule has 0 saturated carbocycles. The molecular weight excluding hydrogens is 336 g/mol. The molecule has 1 unspecified atom stereocenters. The highest BCUT2D eigenvalue weighted by atomic mass is 16.5. The molecule has 0 aliphatic carbocycles. The minimum atomic E-state index is 0.0312. The van der Waals surface area contributed by atoms with Gasteiger partial charge in [0.1, 0.15) is 11.9 Å². The van der Waals surface area contributed by atoms with Crippen molar-refractivity contribution in [2.24, 2.45) is 4.99 Å². The largest absolute Gasteiger partial charge is 0.494 e. The maximum absolute atomic E-state index is 5.93. The quantitative estimate of drug-likeness (QED) is 0.739. The zero-order chi connectivity index (χ0) is 18.5. The third-order valence-corrected chi connectivity index (χ3v) is 5.28. The lowest BCUT2D eigenvalue weighted by Gasteiger charge is -2.27. The van der Waals surface area contributed by atoms with Gasteiger partial charge < -0.3 is 14.5 Å². The van der Waals surface area contributed by atoms with Crippen LogP contribution in [-0.2, 0) is 0 Å². The molecule has 5 heteroatoms. The molecule has 3 heterocycles. The van der Waals surface area contributed by atoms with Crippen LogP contribution in [0.5, 0.6) is 5.75 Å². The molecule has 2 aliphatic heterocycles. The molecule has 5 nitrogen and oxygen atoms in total. The number of rotatable bonds is 6. The lowest BCUT2D eigenvalue weighted by Crippen LogP contribution is -2.42. The van der Waals surface area contributed by atoms with E-state index in [1.54, 1.807) is 6.20 Å². The maximum Gasteiger partial charge on any atom is 0.158 e. The molecule has 1 saturated heterocycles. The van der Waals surface area contributed by atoms with Crippen LogP contribution in [0.3, 0.4) is 0 Å². The molecule has 0 N–H and O–H groups in total. The molecule has 1 fully saturated rings. The van der Waals surface area contributed by atoms with Crippen molar-refractivity contribution in [3.8, 4) is 5.75 Å². The van der Waals surface area contributed by atoms with Gasteiger partial charge in [-0.2, -0.15) is 0 Å². The summed E-state index contributed by atoms with van der Waals surface area (Å²) >= 11 is 0. The number of likely N-dealkylation sites (tertiary alicyclic amines) is 1. The molecule has 142 valence electrons. The van der Waals surface area contributed by atoms with E-state index < -0.39 is 0 Å². The Balaban J connectivity index is 1.33. The molecule has 0 spiro atoms. The third-order valence-electron chi connectivity index (χ3n) is 5.28. The van der Waals surface area contributed by atoms with Crippen molar-refractivity contribution in [3.05, 3.63) is 53.3 Å². The van der Waals surface area contributed by atoms with Gasteiger partial charge in [-0.1, -0.05) is 6.42 Å². The Hall–Kier alpha value is -2.40. The normalized spacial score (nSPS) is 19.7. The smallest absolute Gasteiger partial charge is 0.158 e. The fourth-order valence-electron chi connectivity index (χ4n) is 3.78. The number of aromatic nitrogens is 1. The Bertz CT molecular complexity index is 859. The lowest BCUT2D eigenvalue weighted by atomic mass is 10.1. The van der Waals surface area contributed by atoms with E-state index in [9.17, 15) is 0 Å². The molecule has 0 radical (unpaired) electrons. The molecule has 1 aromatic heterocycles. The molecule has 4 rings (SSSR count). The van der Waals surface area contributed by atoms with Crippen molar-refractivity contribution in [3.63, 3.8) is 0 Å². The van der Waals surface area contributed by atoms with Gasteiger partial charge >= 0.3 is 0 Å². The monoisotopic (exact) mass is 364 g/mol. The average molecular weight is 364 g/mol. The SMILES string of the molecule is CC1N=c2ncccc2=CN1c1ccc(OCCCN2CCCCC2)cc1. The van der Waals surface area contributed by atoms with Gasteiger partial charge in [0.05, 0.1) is 6.61 Å². The van der Waals surface area contributed by atoms with E-state index in [1.807, 2.05) is 12.1 Å². The van der Waals surface area contributed by atoms with Gasteiger partial charge in [-0.3, -0.25) is 0 Å². The second kappa shape index (κ2) is 8.53. The van der Waals surface area contributed by atoms with Gasteiger partial charge in [0.2, 0.25) is 0 Å². The molecule has 2 aliphatic rings. The number of nitrogens with zero attached hydrogens (tertiary/aromatic N) is 4. The summed E-state index contributed by atoms with van der Waals surface area (Å²) in [4.78, 5) is 13.7. The summed E-state index contributed by atoms with van der Waals surface area (Å²) in [5.74, 6) is 0.932. The summed E-state index contributed by atoms with van der Waals surface area (Å²) in [5, 5.41) is 1.05. The zero-order valence-corrected chi connectivity index (χ0v) is 16.1. The first kappa shape index (κ1) is 18.0. The summed E-state index contributed by atoms with van der Waals surface area (Å²) in [6, 6.07) is 12.3. The fourth-order valence-corrected chi connectivity index (χ4v) is 3.78. The highest BCUT2D eigenvalue weighted by molar-refractivity contribution is 5.60. The lowest BCUT2D eigenvalue weighted by molar-refractivity contribution is 0.205. The van der Waals surface area contributed by atoms with Crippen LogP contribution in [-0.4, -0.2) is 42.3 Å². The van der Waals surface area contributed by atoms with Gasteiger partial charge in [0, 0.05) is 29.8 Å². The number of ether oxygens (including phenoxy) is 1. The Kier molecular flexibility index (Phi) is 5.68. The van der Waals surface area contributed by atoms with Crippen molar-refractivity contribution in [1.29, 1.82) is 0 Å². The topological polar surface area (TPSA) is 41.0 Å². The van der Waals surface area contributed by atoms with Crippen molar-refractivity contribution in [2.45, 2.75) is 38.8 Å². The first-order valence-corrected chi connectivity index (χ1v) is 10.0. The van der Waals surface area contributed by atoms with Crippen LogP contribution in [0, 0.1) is 0 Å². The van der Waals surface area contributed by atoms with E-state index in [0.29, 0.717) is 0 Å².